The van der Waals surface area contributed by atoms with E-state index >= 15 is 0 Å². The van der Waals surface area contributed by atoms with Gasteiger partial charge in [-0.15, -0.1) is 0 Å². The van der Waals surface area contributed by atoms with Crippen molar-refractivity contribution in [3.8, 4) is 0 Å². The van der Waals surface area contributed by atoms with E-state index in [4.69, 9.17) is 0 Å². The molecule has 1 amide bonds. The molecule has 0 unspecified atom stereocenters. The van der Waals surface area contributed by atoms with Gasteiger partial charge in [-0.2, -0.15) is 5.06 Å². The predicted octanol–water partition coefficient (Wildman–Crippen LogP) is 7.87. The van der Waals surface area contributed by atoms with E-state index in [1.807, 2.05) is 24.3 Å². The van der Waals surface area contributed by atoms with E-state index in [1.165, 1.54) is 29.9 Å². The third-order valence-electron chi connectivity index (χ3n) is 5.57. The van der Waals surface area contributed by atoms with Gasteiger partial charge in [0.25, 0.3) is 5.91 Å². The van der Waals surface area contributed by atoms with Crippen LogP contribution in [0.15, 0.2) is 69.6 Å². The molecule has 34 heavy (non-hydrogen) atoms. The fourth-order valence-electron chi connectivity index (χ4n) is 3.61. The SMILES string of the molecule is CCCCCc1ccc(CNC(=O)c2cc(Br)c(CN(O)Cc3ccc(I)cc3)c(Br)c2)cc1. The molecule has 0 aromatic heterocycles. The number of hydrogen-bond acceptors (Lipinski definition) is 3. The van der Waals surface area contributed by atoms with Crippen molar-refractivity contribution in [1.29, 1.82) is 0 Å². The highest BCUT2D eigenvalue weighted by Crippen LogP contribution is 2.29. The second-order valence-corrected chi connectivity index (χ2v) is 11.3. The quantitative estimate of drug-likeness (QED) is 0.122. The smallest absolute Gasteiger partial charge is 0.251 e. The Morgan fingerprint density at radius 2 is 1.50 bits per heavy atom. The number of rotatable bonds is 11. The van der Waals surface area contributed by atoms with E-state index in [0.29, 0.717) is 25.2 Å². The van der Waals surface area contributed by atoms with Crippen LogP contribution in [-0.4, -0.2) is 16.2 Å². The molecule has 3 aromatic rings. The van der Waals surface area contributed by atoms with Gasteiger partial charge in [0.1, 0.15) is 0 Å². The fourth-order valence-corrected chi connectivity index (χ4v) is 5.41. The highest BCUT2D eigenvalue weighted by Gasteiger charge is 2.15. The van der Waals surface area contributed by atoms with Crippen molar-refractivity contribution in [2.45, 2.75) is 52.2 Å². The van der Waals surface area contributed by atoms with Gasteiger partial charge < -0.3 is 10.5 Å². The van der Waals surface area contributed by atoms with Crippen LogP contribution in [0.4, 0.5) is 0 Å². The number of carbonyl (C=O) groups excluding carboxylic acids is 1. The van der Waals surface area contributed by atoms with Crippen molar-refractivity contribution in [3.63, 3.8) is 0 Å². The number of amides is 1. The molecule has 7 heteroatoms. The molecule has 0 aliphatic carbocycles. The third kappa shape index (κ3) is 8.45. The number of nitrogens with one attached hydrogen (secondary N) is 1. The molecule has 0 aliphatic heterocycles. The Hall–Kier alpha value is -1.26. The maximum Gasteiger partial charge on any atom is 0.251 e. The van der Waals surface area contributed by atoms with Crippen molar-refractivity contribution in [3.05, 3.63) is 101 Å². The lowest BCUT2D eigenvalue weighted by atomic mass is 10.1. The first-order chi connectivity index (χ1) is 16.4. The minimum absolute atomic E-state index is 0.139. The zero-order valence-corrected chi connectivity index (χ0v) is 24.5. The molecule has 180 valence electrons. The topological polar surface area (TPSA) is 52.6 Å². The maximum absolute atomic E-state index is 12.8. The molecule has 2 N–H and O–H groups in total. The Morgan fingerprint density at radius 1 is 0.912 bits per heavy atom. The summed E-state index contributed by atoms with van der Waals surface area (Å²) in [6.45, 7) is 3.42. The predicted molar refractivity (Wildman–Crippen MR) is 153 cm³/mol. The summed E-state index contributed by atoms with van der Waals surface area (Å²) >= 11 is 9.40. The maximum atomic E-state index is 12.8. The third-order valence-corrected chi connectivity index (χ3v) is 7.70. The summed E-state index contributed by atoms with van der Waals surface area (Å²) in [6.07, 6.45) is 4.80. The molecule has 0 fully saturated rings. The number of nitrogens with zero attached hydrogens (tertiary/aromatic N) is 1. The molecule has 3 rings (SSSR count). The van der Waals surface area contributed by atoms with E-state index in [0.717, 1.165) is 35.6 Å². The number of hydrogen-bond donors (Lipinski definition) is 2. The first kappa shape index (κ1) is 27.3. The summed E-state index contributed by atoms with van der Waals surface area (Å²) < 4.78 is 2.69. The molecular formula is C27H29Br2IN2O2. The molecule has 3 aromatic carbocycles. The molecule has 0 saturated heterocycles. The lowest BCUT2D eigenvalue weighted by Gasteiger charge is -2.18. The Balaban J connectivity index is 1.56. The van der Waals surface area contributed by atoms with Crippen molar-refractivity contribution in [1.82, 2.24) is 10.4 Å². The van der Waals surface area contributed by atoms with Gasteiger partial charge >= 0.3 is 0 Å². The second-order valence-electron chi connectivity index (χ2n) is 8.32. The minimum Gasteiger partial charge on any atom is -0.348 e. The highest BCUT2D eigenvalue weighted by atomic mass is 127. The first-order valence-corrected chi connectivity index (χ1v) is 14.0. The standard InChI is InChI=1S/C27H29Br2IN2O2/c1-2-3-4-5-19-6-8-20(9-7-19)16-31-27(33)22-14-25(28)24(26(29)15-22)18-32(34)17-21-10-12-23(30)13-11-21/h6-15,34H,2-5,16-18H2,1H3,(H,31,33). The van der Waals surface area contributed by atoms with E-state index in [2.05, 4.69) is 91.0 Å². The van der Waals surface area contributed by atoms with Gasteiger partial charge in [0.15, 0.2) is 0 Å². The first-order valence-electron chi connectivity index (χ1n) is 11.4. The van der Waals surface area contributed by atoms with Crippen LogP contribution in [0, 0.1) is 3.57 Å². The van der Waals surface area contributed by atoms with Crippen molar-refractivity contribution >= 4 is 60.4 Å². The molecule has 0 saturated carbocycles. The molecular weight excluding hydrogens is 671 g/mol. The monoisotopic (exact) mass is 698 g/mol. The molecule has 0 spiro atoms. The summed E-state index contributed by atoms with van der Waals surface area (Å²) in [5.74, 6) is -0.139. The van der Waals surface area contributed by atoms with Gasteiger partial charge in [0.05, 0.1) is 6.54 Å². The molecule has 0 atom stereocenters. The average Bonchev–Trinajstić information content (AvgIpc) is 2.82. The molecule has 0 bridgehead atoms. The zero-order valence-electron chi connectivity index (χ0n) is 19.2. The van der Waals surface area contributed by atoms with E-state index in [9.17, 15) is 10.0 Å². The molecule has 0 radical (unpaired) electrons. The number of unbranched alkanes of at least 4 members (excludes halogenated alkanes) is 2. The van der Waals surface area contributed by atoms with E-state index in [1.54, 1.807) is 12.1 Å². The largest absolute Gasteiger partial charge is 0.348 e. The second kappa shape index (κ2) is 13.7. The molecule has 0 heterocycles. The van der Waals surface area contributed by atoms with Crippen LogP contribution in [0.3, 0.4) is 0 Å². The van der Waals surface area contributed by atoms with Gasteiger partial charge in [-0.1, -0.05) is 88.0 Å². The van der Waals surface area contributed by atoms with Crippen LogP contribution < -0.4 is 5.32 Å². The highest BCUT2D eigenvalue weighted by molar-refractivity contribution is 14.1. The molecule has 0 aliphatic rings. The van der Waals surface area contributed by atoms with Gasteiger partial charge in [-0.25, -0.2) is 0 Å². The van der Waals surface area contributed by atoms with Crippen molar-refractivity contribution in [2.75, 3.05) is 0 Å². The van der Waals surface area contributed by atoms with Gasteiger partial charge in [-0.3, -0.25) is 4.79 Å². The lowest BCUT2D eigenvalue weighted by Crippen LogP contribution is -2.23. The fraction of sp³-hybridized carbons (Fsp3) is 0.296. The normalized spacial score (nSPS) is 11.1. The zero-order chi connectivity index (χ0) is 24.5. The number of carbonyl (C=O) groups is 1. The van der Waals surface area contributed by atoms with Crippen LogP contribution in [0.1, 0.15) is 58.8 Å². The molecule has 4 nitrogen and oxygen atoms in total. The summed E-state index contributed by atoms with van der Waals surface area (Å²) in [6, 6.07) is 20.1. The van der Waals surface area contributed by atoms with Crippen LogP contribution >= 0.6 is 54.5 Å². The van der Waals surface area contributed by atoms with Crippen LogP contribution in [0.2, 0.25) is 0 Å². The Bertz CT molecular complexity index is 1070. The Labute approximate surface area is 232 Å². The number of aryl methyl sites for hydroxylation is 1. The van der Waals surface area contributed by atoms with Crippen molar-refractivity contribution < 1.29 is 10.0 Å². The average molecular weight is 700 g/mol. The minimum atomic E-state index is -0.139. The summed E-state index contributed by atoms with van der Waals surface area (Å²) in [5, 5.41) is 14.7. The van der Waals surface area contributed by atoms with E-state index < -0.39 is 0 Å². The Kier molecular flexibility index (Phi) is 11.0. The lowest BCUT2D eigenvalue weighted by molar-refractivity contribution is -0.108. The van der Waals surface area contributed by atoms with Gasteiger partial charge in [0, 0.05) is 31.2 Å². The summed E-state index contributed by atoms with van der Waals surface area (Å²) in [4.78, 5) is 12.8. The Morgan fingerprint density at radius 3 is 2.12 bits per heavy atom. The van der Waals surface area contributed by atoms with Crippen LogP contribution in [0.25, 0.3) is 0 Å². The number of halogens is 3. The van der Waals surface area contributed by atoms with Gasteiger partial charge in [-0.05, 0) is 82.0 Å². The summed E-state index contributed by atoms with van der Waals surface area (Å²) in [5.41, 5.74) is 4.88. The summed E-state index contributed by atoms with van der Waals surface area (Å²) in [7, 11) is 0. The van der Waals surface area contributed by atoms with E-state index in [-0.39, 0.29) is 5.91 Å². The number of hydroxylamine groups is 2. The van der Waals surface area contributed by atoms with Crippen LogP contribution in [0.5, 0.6) is 0 Å². The van der Waals surface area contributed by atoms with Crippen LogP contribution in [-0.2, 0) is 26.1 Å². The van der Waals surface area contributed by atoms with Gasteiger partial charge in [0.2, 0.25) is 0 Å². The van der Waals surface area contributed by atoms with Crippen molar-refractivity contribution in [2.24, 2.45) is 0 Å². The number of benzene rings is 3.